The van der Waals surface area contributed by atoms with E-state index in [0.29, 0.717) is 11.0 Å². The summed E-state index contributed by atoms with van der Waals surface area (Å²) in [6.45, 7) is 0. The normalized spacial score (nSPS) is 10.1. The minimum atomic E-state index is -0.481. The monoisotopic (exact) mass is 189 g/mol. The highest BCUT2D eigenvalue weighted by molar-refractivity contribution is 6.00. The maximum absolute atomic E-state index is 11.3. The van der Waals surface area contributed by atoms with Crippen molar-refractivity contribution in [3.8, 4) is 0 Å². The molecule has 0 atom stereocenters. The third kappa shape index (κ3) is 1.28. The first-order valence-electron chi connectivity index (χ1n) is 3.97. The molecule has 70 valence electrons. The smallest absolute Gasteiger partial charge is 0.357 e. The first kappa shape index (κ1) is 8.55. The average Bonchev–Trinajstić information content (AvgIpc) is 2.27. The van der Waals surface area contributed by atoms with Gasteiger partial charge < -0.3 is 4.74 Å². The standard InChI is InChI=1S/C9H7N3O2/c1-14-9(13)7-6-3-2-4-10-8(6)12-5-11-7/h2-5H,1H3. The third-order valence-electron chi connectivity index (χ3n) is 1.79. The Morgan fingerprint density at radius 3 is 3.00 bits per heavy atom. The molecule has 0 bridgehead atoms. The molecule has 2 aromatic heterocycles. The molecule has 0 saturated carbocycles. The van der Waals surface area contributed by atoms with Gasteiger partial charge in [0.2, 0.25) is 0 Å². The van der Waals surface area contributed by atoms with E-state index in [1.54, 1.807) is 18.3 Å². The predicted octanol–water partition coefficient (Wildman–Crippen LogP) is 0.811. The number of hydrogen-bond acceptors (Lipinski definition) is 5. The zero-order chi connectivity index (χ0) is 9.97. The van der Waals surface area contributed by atoms with Crippen LogP contribution < -0.4 is 0 Å². The number of nitrogens with zero attached hydrogens (tertiary/aromatic N) is 3. The summed E-state index contributed by atoms with van der Waals surface area (Å²) in [7, 11) is 1.31. The van der Waals surface area contributed by atoms with Crippen LogP contribution in [0.1, 0.15) is 10.5 Å². The number of rotatable bonds is 1. The summed E-state index contributed by atoms with van der Waals surface area (Å²) in [5.74, 6) is -0.481. The summed E-state index contributed by atoms with van der Waals surface area (Å²) in [6.07, 6.45) is 2.90. The zero-order valence-corrected chi connectivity index (χ0v) is 7.47. The van der Waals surface area contributed by atoms with Crippen molar-refractivity contribution in [1.82, 2.24) is 15.0 Å². The number of aromatic nitrogens is 3. The van der Waals surface area contributed by atoms with Gasteiger partial charge in [-0.25, -0.2) is 19.7 Å². The van der Waals surface area contributed by atoms with E-state index in [2.05, 4.69) is 19.7 Å². The molecule has 0 fully saturated rings. The van der Waals surface area contributed by atoms with Crippen LogP contribution in [0.5, 0.6) is 0 Å². The number of esters is 1. The van der Waals surface area contributed by atoms with Crippen LogP contribution in [-0.4, -0.2) is 28.0 Å². The van der Waals surface area contributed by atoms with Crippen molar-refractivity contribution in [3.63, 3.8) is 0 Å². The van der Waals surface area contributed by atoms with Gasteiger partial charge in [0.25, 0.3) is 0 Å². The lowest BCUT2D eigenvalue weighted by molar-refractivity contribution is 0.0596. The second-order valence-corrected chi connectivity index (χ2v) is 2.59. The minimum Gasteiger partial charge on any atom is -0.464 e. The topological polar surface area (TPSA) is 65.0 Å². The van der Waals surface area contributed by atoms with Crippen molar-refractivity contribution in [2.24, 2.45) is 0 Å². The van der Waals surface area contributed by atoms with Gasteiger partial charge >= 0.3 is 5.97 Å². The first-order chi connectivity index (χ1) is 6.83. The number of hydrogen-bond donors (Lipinski definition) is 0. The van der Waals surface area contributed by atoms with Crippen molar-refractivity contribution in [3.05, 3.63) is 30.4 Å². The molecule has 0 aromatic carbocycles. The van der Waals surface area contributed by atoms with Crippen LogP contribution in [0.25, 0.3) is 11.0 Å². The molecule has 0 N–H and O–H groups in total. The predicted molar refractivity (Wildman–Crippen MR) is 48.7 cm³/mol. The maximum atomic E-state index is 11.3. The van der Waals surface area contributed by atoms with E-state index in [0.717, 1.165) is 0 Å². The SMILES string of the molecule is COC(=O)c1ncnc2ncccc12. The fourth-order valence-corrected chi connectivity index (χ4v) is 1.15. The van der Waals surface area contributed by atoms with Crippen LogP contribution in [0.3, 0.4) is 0 Å². The highest BCUT2D eigenvalue weighted by atomic mass is 16.5. The fourth-order valence-electron chi connectivity index (χ4n) is 1.15. The fraction of sp³-hybridized carbons (Fsp3) is 0.111. The Morgan fingerprint density at radius 1 is 1.36 bits per heavy atom. The van der Waals surface area contributed by atoms with Crippen LogP contribution in [0.2, 0.25) is 0 Å². The molecule has 0 aliphatic heterocycles. The molecule has 0 radical (unpaired) electrons. The average molecular weight is 189 g/mol. The Morgan fingerprint density at radius 2 is 2.21 bits per heavy atom. The minimum absolute atomic E-state index is 0.241. The van der Waals surface area contributed by atoms with Gasteiger partial charge in [-0.15, -0.1) is 0 Å². The Hall–Kier alpha value is -2.04. The van der Waals surface area contributed by atoms with Crippen LogP contribution >= 0.6 is 0 Å². The van der Waals surface area contributed by atoms with Crippen molar-refractivity contribution in [1.29, 1.82) is 0 Å². The van der Waals surface area contributed by atoms with E-state index >= 15 is 0 Å². The maximum Gasteiger partial charge on any atom is 0.357 e. The quantitative estimate of drug-likeness (QED) is 0.621. The van der Waals surface area contributed by atoms with Crippen molar-refractivity contribution in [2.45, 2.75) is 0 Å². The molecule has 0 saturated heterocycles. The summed E-state index contributed by atoms with van der Waals surface area (Å²) in [5, 5.41) is 0.599. The van der Waals surface area contributed by atoms with Gasteiger partial charge in [-0.2, -0.15) is 0 Å². The summed E-state index contributed by atoms with van der Waals surface area (Å²) in [5.41, 5.74) is 0.730. The van der Waals surface area contributed by atoms with Crippen LogP contribution in [0.15, 0.2) is 24.7 Å². The van der Waals surface area contributed by atoms with Gasteiger partial charge in [0.05, 0.1) is 12.5 Å². The second kappa shape index (κ2) is 3.37. The molecule has 5 nitrogen and oxygen atoms in total. The van der Waals surface area contributed by atoms with Crippen LogP contribution in [0.4, 0.5) is 0 Å². The third-order valence-corrected chi connectivity index (χ3v) is 1.79. The lowest BCUT2D eigenvalue weighted by Gasteiger charge is -2.00. The van der Waals surface area contributed by atoms with E-state index in [1.165, 1.54) is 13.4 Å². The van der Waals surface area contributed by atoms with E-state index in [1.807, 2.05) is 0 Å². The van der Waals surface area contributed by atoms with Gasteiger partial charge in [0, 0.05) is 6.20 Å². The molecule has 0 unspecified atom stereocenters. The summed E-state index contributed by atoms with van der Waals surface area (Å²) >= 11 is 0. The lowest BCUT2D eigenvalue weighted by atomic mass is 10.2. The molecular weight excluding hydrogens is 182 g/mol. The van der Waals surface area contributed by atoms with Gasteiger partial charge in [-0.1, -0.05) is 0 Å². The van der Waals surface area contributed by atoms with Crippen molar-refractivity contribution < 1.29 is 9.53 Å². The Labute approximate surface area is 79.8 Å². The highest BCUT2D eigenvalue weighted by Gasteiger charge is 2.12. The Balaban J connectivity index is 2.71. The molecule has 5 heteroatoms. The molecule has 0 aliphatic rings. The van der Waals surface area contributed by atoms with Crippen molar-refractivity contribution in [2.75, 3.05) is 7.11 Å². The molecule has 0 amide bonds. The number of carbonyl (C=O) groups excluding carboxylic acids is 1. The van der Waals surface area contributed by atoms with Gasteiger partial charge in [-0.05, 0) is 12.1 Å². The lowest BCUT2D eigenvalue weighted by Crippen LogP contribution is -2.05. The van der Waals surface area contributed by atoms with Crippen LogP contribution in [0, 0.1) is 0 Å². The summed E-state index contributed by atoms with van der Waals surface area (Å²) in [4.78, 5) is 23.1. The molecule has 14 heavy (non-hydrogen) atoms. The Kier molecular flexibility index (Phi) is 2.06. The van der Waals surface area contributed by atoms with E-state index in [9.17, 15) is 4.79 Å². The van der Waals surface area contributed by atoms with Crippen LogP contribution in [-0.2, 0) is 4.74 Å². The number of carbonyl (C=O) groups is 1. The zero-order valence-electron chi connectivity index (χ0n) is 7.47. The number of ether oxygens (including phenoxy) is 1. The Bertz CT molecular complexity index is 479. The van der Waals surface area contributed by atoms with Gasteiger partial charge in [0.1, 0.15) is 6.33 Å². The van der Waals surface area contributed by atoms with E-state index < -0.39 is 5.97 Å². The summed E-state index contributed by atoms with van der Waals surface area (Å²) in [6, 6.07) is 3.45. The molecule has 2 heterocycles. The van der Waals surface area contributed by atoms with E-state index in [4.69, 9.17) is 0 Å². The number of pyridine rings is 1. The van der Waals surface area contributed by atoms with Gasteiger partial charge in [-0.3, -0.25) is 0 Å². The largest absolute Gasteiger partial charge is 0.464 e. The summed E-state index contributed by atoms with van der Waals surface area (Å²) < 4.78 is 4.59. The molecule has 0 spiro atoms. The molecule has 0 aliphatic carbocycles. The molecular formula is C9H7N3O2. The number of fused-ring (bicyclic) bond motifs is 1. The van der Waals surface area contributed by atoms with Crippen molar-refractivity contribution >= 4 is 17.0 Å². The first-order valence-corrected chi connectivity index (χ1v) is 3.97. The van der Waals surface area contributed by atoms with E-state index in [-0.39, 0.29) is 5.69 Å². The molecule has 2 rings (SSSR count). The molecule has 2 aromatic rings. The second-order valence-electron chi connectivity index (χ2n) is 2.59. The van der Waals surface area contributed by atoms with Gasteiger partial charge in [0.15, 0.2) is 11.3 Å². The number of methoxy groups -OCH3 is 1. The highest BCUT2D eigenvalue weighted by Crippen LogP contribution is 2.11.